The van der Waals surface area contributed by atoms with Crippen LogP contribution in [0.2, 0.25) is 5.02 Å². The smallest absolute Gasteiger partial charge is 0.340 e. The molecule has 132 valence electrons. The minimum atomic E-state index is -1.06. The molecule has 2 aromatic rings. The minimum absolute atomic E-state index is 0.0732. The van der Waals surface area contributed by atoms with Gasteiger partial charge < -0.3 is 10.1 Å². The Labute approximate surface area is 148 Å². The van der Waals surface area contributed by atoms with Crippen molar-refractivity contribution in [3.05, 3.63) is 63.7 Å². The van der Waals surface area contributed by atoms with Crippen molar-refractivity contribution in [3.8, 4) is 0 Å². The zero-order valence-electron chi connectivity index (χ0n) is 13.7. The Balaban J connectivity index is 2.07. The fourth-order valence-corrected chi connectivity index (χ4v) is 2.38. The van der Waals surface area contributed by atoms with Crippen LogP contribution in [0.5, 0.6) is 0 Å². The summed E-state index contributed by atoms with van der Waals surface area (Å²) in [6.07, 6.45) is 0.474. The van der Waals surface area contributed by atoms with E-state index in [1.165, 1.54) is 0 Å². The van der Waals surface area contributed by atoms with Crippen LogP contribution < -0.4 is 5.32 Å². The fraction of sp³-hybridized carbons (Fsp3) is 0.222. The molecule has 2 rings (SSSR count). The van der Waals surface area contributed by atoms with Crippen LogP contribution in [0.1, 0.15) is 27.9 Å². The average molecular weight is 368 g/mol. The normalized spacial score (nSPS) is 10.4. The lowest BCUT2D eigenvalue weighted by molar-refractivity contribution is -0.116. The number of hydrogen-bond donors (Lipinski definition) is 1. The first-order valence-electron chi connectivity index (χ1n) is 7.44. The molecule has 0 radical (unpaired) electrons. The van der Waals surface area contributed by atoms with Crippen molar-refractivity contribution in [1.29, 1.82) is 0 Å². The monoisotopic (exact) mass is 367 g/mol. The van der Waals surface area contributed by atoms with Crippen LogP contribution >= 0.6 is 11.6 Å². The predicted molar refractivity (Wildman–Crippen MR) is 90.8 cm³/mol. The van der Waals surface area contributed by atoms with Gasteiger partial charge in [-0.15, -0.1) is 0 Å². The Morgan fingerprint density at radius 3 is 2.52 bits per heavy atom. The van der Waals surface area contributed by atoms with Crippen LogP contribution in [0, 0.1) is 18.6 Å². The molecule has 4 nitrogen and oxygen atoms in total. The van der Waals surface area contributed by atoms with E-state index in [-0.39, 0.29) is 12.1 Å². The highest BCUT2D eigenvalue weighted by molar-refractivity contribution is 6.31. The molecule has 0 atom stereocenters. The molecule has 0 spiro atoms. The third kappa shape index (κ3) is 4.76. The number of aryl methyl sites for hydroxylation is 2. The molecule has 0 aliphatic heterocycles. The topological polar surface area (TPSA) is 55.4 Å². The van der Waals surface area contributed by atoms with Gasteiger partial charge in [-0.25, -0.2) is 13.6 Å². The van der Waals surface area contributed by atoms with Crippen molar-refractivity contribution in [1.82, 2.24) is 0 Å². The minimum Gasteiger partial charge on any atom is -0.465 e. The summed E-state index contributed by atoms with van der Waals surface area (Å²) in [5.74, 6) is -3.46. The summed E-state index contributed by atoms with van der Waals surface area (Å²) in [5.41, 5.74) is 1.05. The summed E-state index contributed by atoms with van der Waals surface area (Å²) in [5, 5.41) is 2.93. The van der Waals surface area contributed by atoms with Gasteiger partial charge in [0.05, 0.1) is 18.4 Å². The summed E-state index contributed by atoms with van der Waals surface area (Å²) in [7, 11) is 1.08. The molecule has 25 heavy (non-hydrogen) atoms. The molecule has 0 unspecified atom stereocenters. The molecule has 0 heterocycles. The lowest BCUT2D eigenvalue weighted by Crippen LogP contribution is -2.15. The molecule has 1 N–H and O–H groups in total. The summed E-state index contributed by atoms with van der Waals surface area (Å²) in [6.45, 7) is 1.87. The number of hydrogen-bond acceptors (Lipinski definition) is 3. The van der Waals surface area contributed by atoms with Gasteiger partial charge in [-0.1, -0.05) is 23.7 Å². The maximum Gasteiger partial charge on any atom is 0.340 e. The van der Waals surface area contributed by atoms with Gasteiger partial charge in [0.25, 0.3) is 0 Å². The molecule has 0 saturated heterocycles. The quantitative estimate of drug-likeness (QED) is 0.802. The number of carbonyl (C=O) groups is 2. The SMILES string of the molecule is COC(=O)c1cc(NC(=O)CCc2ccc(C)c(Cl)c2)c(F)cc1F. The maximum atomic E-state index is 13.8. The van der Waals surface area contributed by atoms with E-state index in [0.717, 1.165) is 24.3 Å². The fourth-order valence-electron chi connectivity index (χ4n) is 2.17. The largest absolute Gasteiger partial charge is 0.465 e. The van der Waals surface area contributed by atoms with E-state index < -0.39 is 29.1 Å². The second-order valence-electron chi connectivity index (χ2n) is 5.44. The van der Waals surface area contributed by atoms with E-state index in [1.54, 1.807) is 6.07 Å². The van der Waals surface area contributed by atoms with Gasteiger partial charge in [-0.2, -0.15) is 0 Å². The predicted octanol–water partition coefficient (Wildman–Crippen LogP) is 4.28. The highest BCUT2D eigenvalue weighted by Gasteiger charge is 2.17. The number of anilines is 1. The zero-order valence-corrected chi connectivity index (χ0v) is 14.4. The third-order valence-electron chi connectivity index (χ3n) is 3.61. The highest BCUT2D eigenvalue weighted by Crippen LogP contribution is 2.21. The number of ether oxygens (including phenoxy) is 1. The van der Waals surface area contributed by atoms with E-state index in [2.05, 4.69) is 10.1 Å². The van der Waals surface area contributed by atoms with Gasteiger partial charge in [0.2, 0.25) is 5.91 Å². The first-order valence-corrected chi connectivity index (χ1v) is 7.82. The van der Waals surface area contributed by atoms with Gasteiger partial charge in [0, 0.05) is 17.5 Å². The Morgan fingerprint density at radius 2 is 1.88 bits per heavy atom. The van der Waals surface area contributed by atoms with Crippen LogP contribution in [0.15, 0.2) is 30.3 Å². The van der Waals surface area contributed by atoms with Crippen LogP contribution in [0.4, 0.5) is 14.5 Å². The standard InChI is InChI=1S/C18H16ClF2NO3/c1-10-3-4-11(7-13(10)19)5-6-17(23)22-16-8-12(18(24)25-2)14(20)9-15(16)21/h3-4,7-9H,5-6H2,1-2H3,(H,22,23). The van der Waals surface area contributed by atoms with Crippen LogP contribution in [-0.2, 0) is 16.0 Å². The molecule has 1 amide bonds. The highest BCUT2D eigenvalue weighted by atomic mass is 35.5. The third-order valence-corrected chi connectivity index (χ3v) is 4.02. The Bertz CT molecular complexity index is 824. The van der Waals surface area contributed by atoms with E-state index in [0.29, 0.717) is 17.5 Å². The van der Waals surface area contributed by atoms with Crippen LogP contribution in [0.3, 0.4) is 0 Å². The second-order valence-corrected chi connectivity index (χ2v) is 5.84. The van der Waals surface area contributed by atoms with Crippen LogP contribution in [-0.4, -0.2) is 19.0 Å². The van der Waals surface area contributed by atoms with Crippen molar-refractivity contribution < 1.29 is 23.1 Å². The van der Waals surface area contributed by atoms with Gasteiger partial charge in [-0.05, 0) is 36.6 Å². The van der Waals surface area contributed by atoms with Gasteiger partial charge in [0.15, 0.2) is 0 Å². The van der Waals surface area contributed by atoms with Gasteiger partial charge in [0.1, 0.15) is 11.6 Å². The van der Waals surface area contributed by atoms with E-state index in [4.69, 9.17) is 11.6 Å². The van der Waals surface area contributed by atoms with Crippen molar-refractivity contribution in [2.24, 2.45) is 0 Å². The van der Waals surface area contributed by atoms with Gasteiger partial charge >= 0.3 is 5.97 Å². The number of amides is 1. The maximum absolute atomic E-state index is 13.8. The van der Waals surface area contributed by atoms with E-state index in [1.807, 2.05) is 19.1 Å². The van der Waals surface area contributed by atoms with Crippen molar-refractivity contribution >= 4 is 29.2 Å². The second kappa shape index (κ2) is 8.07. The summed E-state index contributed by atoms with van der Waals surface area (Å²) in [6, 6.07) is 6.90. The number of nitrogens with one attached hydrogen (secondary N) is 1. The number of methoxy groups -OCH3 is 1. The Morgan fingerprint density at radius 1 is 1.16 bits per heavy atom. The van der Waals surface area contributed by atoms with E-state index >= 15 is 0 Å². The lowest BCUT2D eigenvalue weighted by atomic mass is 10.1. The number of halogens is 3. The van der Waals surface area contributed by atoms with Gasteiger partial charge in [-0.3, -0.25) is 4.79 Å². The summed E-state index contributed by atoms with van der Waals surface area (Å²) < 4.78 is 31.8. The van der Waals surface area contributed by atoms with Crippen molar-refractivity contribution in [2.75, 3.05) is 12.4 Å². The lowest BCUT2D eigenvalue weighted by Gasteiger charge is -2.09. The number of benzene rings is 2. The summed E-state index contributed by atoms with van der Waals surface area (Å²) in [4.78, 5) is 23.4. The Kier molecular flexibility index (Phi) is 6.09. The molecular weight excluding hydrogens is 352 g/mol. The average Bonchev–Trinajstić information content (AvgIpc) is 2.57. The molecule has 0 aliphatic carbocycles. The molecule has 2 aromatic carbocycles. The van der Waals surface area contributed by atoms with Crippen molar-refractivity contribution in [2.45, 2.75) is 19.8 Å². The van der Waals surface area contributed by atoms with Crippen LogP contribution in [0.25, 0.3) is 0 Å². The Hall–Kier alpha value is -2.47. The molecule has 7 heteroatoms. The molecule has 0 aromatic heterocycles. The first-order chi connectivity index (χ1) is 11.8. The molecular formula is C18H16ClF2NO3. The zero-order chi connectivity index (χ0) is 18.6. The van der Waals surface area contributed by atoms with E-state index in [9.17, 15) is 18.4 Å². The first kappa shape index (κ1) is 18.9. The number of rotatable bonds is 5. The number of esters is 1. The molecule has 0 saturated carbocycles. The molecule has 0 aliphatic rings. The summed E-state index contributed by atoms with van der Waals surface area (Å²) >= 11 is 6.03. The molecule has 0 fully saturated rings. The number of carbonyl (C=O) groups excluding carboxylic acids is 2. The van der Waals surface area contributed by atoms with Crippen molar-refractivity contribution in [3.63, 3.8) is 0 Å². The molecule has 0 bridgehead atoms.